The first-order valence-electron chi connectivity index (χ1n) is 11.0. The summed E-state index contributed by atoms with van der Waals surface area (Å²) >= 11 is 0. The Bertz CT molecular complexity index is 845. The molecule has 6 nitrogen and oxygen atoms in total. The molecule has 2 aliphatic heterocycles. The lowest BCUT2D eigenvalue weighted by Gasteiger charge is -2.36. The summed E-state index contributed by atoms with van der Waals surface area (Å²) in [6, 6.07) is 11.7. The molecule has 0 aliphatic carbocycles. The molecule has 1 N–H and O–H groups in total. The van der Waals surface area contributed by atoms with Crippen LogP contribution in [0.2, 0.25) is 0 Å². The maximum absolute atomic E-state index is 13.1. The van der Waals surface area contributed by atoms with Crippen LogP contribution in [0.3, 0.4) is 0 Å². The Morgan fingerprint density at radius 3 is 2.47 bits per heavy atom. The minimum absolute atomic E-state index is 0.0539. The van der Waals surface area contributed by atoms with E-state index in [-0.39, 0.29) is 11.8 Å². The van der Waals surface area contributed by atoms with Crippen LogP contribution in [0.15, 0.2) is 48.8 Å². The lowest BCUT2D eigenvalue weighted by molar-refractivity contribution is -0.144. The molecule has 0 unspecified atom stereocenters. The van der Waals surface area contributed by atoms with Gasteiger partial charge >= 0.3 is 0 Å². The number of hydrogen-bond donors (Lipinski definition) is 1. The molecule has 0 bridgehead atoms. The Morgan fingerprint density at radius 1 is 1.00 bits per heavy atom. The Morgan fingerprint density at radius 2 is 1.77 bits per heavy atom. The average molecular weight is 407 g/mol. The van der Waals surface area contributed by atoms with Gasteiger partial charge in [0.05, 0.1) is 6.54 Å². The van der Waals surface area contributed by atoms with Crippen LogP contribution >= 0.6 is 0 Å². The predicted octanol–water partition coefficient (Wildman–Crippen LogP) is 2.49. The lowest BCUT2D eigenvalue weighted by Crippen LogP contribution is -2.59. The highest BCUT2D eigenvalue weighted by molar-refractivity contribution is 5.89. The van der Waals surface area contributed by atoms with E-state index in [4.69, 9.17) is 0 Å². The van der Waals surface area contributed by atoms with Gasteiger partial charge in [0.2, 0.25) is 11.8 Å². The van der Waals surface area contributed by atoms with Crippen molar-refractivity contribution in [1.29, 1.82) is 0 Å². The van der Waals surface area contributed by atoms with E-state index in [9.17, 15) is 9.59 Å². The summed E-state index contributed by atoms with van der Waals surface area (Å²) in [5, 5.41) is 2.93. The Labute approximate surface area is 178 Å². The number of aromatic nitrogens is 1. The minimum atomic E-state index is -0.442. The van der Waals surface area contributed by atoms with Crippen LogP contribution in [0.5, 0.6) is 0 Å². The molecule has 2 amide bonds. The molecular weight excluding hydrogens is 376 g/mol. The van der Waals surface area contributed by atoms with Crippen molar-refractivity contribution in [3.63, 3.8) is 0 Å². The highest BCUT2D eigenvalue weighted by Crippen LogP contribution is 2.20. The number of piperazine rings is 1. The van der Waals surface area contributed by atoms with Crippen molar-refractivity contribution in [2.45, 2.75) is 38.1 Å². The Balaban J connectivity index is 1.43. The van der Waals surface area contributed by atoms with Gasteiger partial charge in [0.15, 0.2) is 0 Å². The second-order valence-electron chi connectivity index (χ2n) is 8.23. The zero-order valence-corrected chi connectivity index (χ0v) is 17.4. The first kappa shape index (κ1) is 20.5. The molecule has 4 rings (SSSR count). The lowest BCUT2D eigenvalue weighted by atomic mass is 9.99. The van der Waals surface area contributed by atoms with E-state index in [2.05, 4.69) is 27.3 Å². The van der Waals surface area contributed by atoms with E-state index in [1.165, 1.54) is 12.8 Å². The molecule has 158 valence electrons. The van der Waals surface area contributed by atoms with Crippen molar-refractivity contribution >= 4 is 11.8 Å². The highest BCUT2D eigenvalue weighted by atomic mass is 16.2. The maximum atomic E-state index is 13.1. The van der Waals surface area contributed by atoms with E-state index < -0.39 is 6.04 Å². The summed E-state index contributed by atoms with van der Waals surface area (Å²) in [5.41, 5.74) is 3.21. The molecule has 2 aromatic rings. The summed E-state index contributed by atoms with van der Waals surface area (Å²) in [7, 11) is 0. The van der Waals surface area contributed by atoms with Crippen LogP contribution in [0.1, 0.15) is 31.2 Å². The summed E-state index contributed by atoms with van der Waals surface area (Å²) in [5.74, 6) is 0.0190. The zero-order valence-electron chi connectivity index (χ0n) is 17.4. The first-order valence-corrected chi connectivity index (χ1v) is 11.0. The molecule has 1 atom stereocenters. The molecule has 1 aromatic heterocycles. The number of amides is 2. The normalized spacial score (nSPS) is 20.5. The molecule has 0 spiro atoms. The molecule has 6 heteroatoms. The van der Waals surface area contributed by atoms with E-state index in [0.29, 0.717) is 26.1 Å². The molecule has 2 aliphatic rings. The molecule has 3 heterocycles. The molecule has 1 aromatic carbocycles. The fourth-order valence-corrected chi connectivity index (χ4v) is 4.38. The largest absolute Gasteiger partial charge is 0.353 e. The summed E-state index contributed by atoms with van der Waals surface area (Å²) < 4.78 is 0. The van der Waals surface area contributed by atoms with Crippen molar-refractivity contribution in [3.05, 3.63) is 54.4 Å². The van der Waals surface area contributed by atoms with Gasteiger partial charge in [-0.2, -0.15) is 0 Å². The van der Waals surface area contributed by atoms with Gasteiger partial charge in [-0.05, 0) is 48.7 Å². The van der Waals surface area contributed by atoms with Crippen LogP contribution in [0, 0.1) is 0 Å². The predicted molar refractivity (Wildman–Crippen MR) is 117 cm³/mol. The van der Waals surface area contributed by atoms with Crippen molar-refractivity contribution in [2.75, 3.05) is 32.7 Å². The molecule has 0 radical (unpaired) electrons. The van der Waals surface area contributed by atoms with Crippen molar-refractivity contribution in [2.24, 2.45) is 0 Å². The number of benzene rings is 1. The van der Waals surface area contributed by atoms with Crippen LogP contribution in [-0.4, -0.2) is 65.4 Å². The SMILES string of the molecule is O=C1NCCN(C(=O)CN2CCCCCC2)[C@@H]1Cc1ccc(-c2cccnc2)cc1. The van der Waals surface area contributed by atoms with Gasteiger partial charge in [-0.3, -0.25) is 19.5 Å². The van der Waals surface area contributed by atoms with Crippen LogP contribution in [0.25, 0.3) is 11.1 Å². The van der Waals surface area contributed by atoms with Gasteiger partial charge in [0, 0.05) is 31.9 Å². The van der Waals surface area contributed by atoms with Crippen molar-refractivity contribution in [3.8, 4) is 11.1 Å². The quantitative estimate of drug-likeness (QED) is 0.829. The van der Waals surface area contributed by atoms with Gasteiger partial charge in [-0.15, -0.1) is 0 Å². The van der Waals surface area contributed by atoms with Gasteiger partial charge in [-0.1, -0.05) is 43.2 Å². The number of pyridine rings is 1. The second-order valence-corrected chi connectivity index (χ2v) is 8.23. The maximum Gasteiger partial charge on any atom is 0.243 e. The third-order valence-corrected chi connectivity index (χ3v) is 6.09. The third-order valence-electron chi connectivity index (χ3n) is 6.09. The summed E-state index contributed by atoms with van der Waals surface area (Å²) in [6.07, 6.45) is 8.93. The Kier molecular flexibility index (Phi) is 6.74. The number of carbonyl (C=O) groups excluding carboxylic acids is 2. The number of hydrogen-bond acceptors (Lipinski definition) is 4. The first-order chi connectivity index (χ1) is 14.7. The van der Waals surface area contributed by atoms with Crippen LogP contribution in [0.4, 0.5) is 0 Å². The number of nitrogens with zero attached hydrogens (tertiary/aromatic N) is 3. The molecule has 2 fully saturated rings. The van der Waals surface area contributed by atoms with E-state index in [0.717, 1.165) is 42.6 Å². The fraction of sp³-hybridized carbons (Fsp3) is 0.458. The molecular formula is C24H30N4O2. The summed E-state index contributed by atoms with van der Waals surface area (Å²) in [4.78, 5) is 33.9. The van der Waals surface area contributed by atoms with E-state index in [1.807, 2.05) is 30.5 Å². The van der Waals surface area contributed by atoms with Crippen molar-refractivity contribution < 1.29 is 9.59 Å². The molecule has 2 saturated heterocycles. The zero-order chi connectivity index (χ0) is 20.8. The smallest absolute Gasteiger partial charge is 0.243 e. The average Bonchev–Trinajstić information content (AvgIpc) is 3.05. The monoisotopic (exact) mass is 406 g/mol. The topological polar surface area (TPSA) is 65.5 Å². The fourth-order valence-electron chi connectivity index (χ4n) is 4.38. The van der Waals surface area contributed by atoms with Gasteiger partial charge in [0.1, 0.15) is 6.04 Å². The van der Waals surface area contributed by atoms with E-state index in [1.54, 1.807) is 11.1 Å². The van der Waals surface area contributed by atoms with Gasteiger partial charge in [-0.25, -0.2) is 0 Å². The van der Waals surface area contributed by atoms with Gasteiger partial charge < -0.3 is 10.2 Å². The van der Waals surface area contributed by atoms with Crippen LogP contribution in [-0.2, 0) is 16.0 Å². The number of rotatable bonds is 5. The Hall–Kier alpha value is -2.73. The standard InChI is InChI=1S/C24H30N4O2/c29-23(18-27-13-3-1-2-4-14-27)28-15-12-26-24(30)22(28)16-19-7-9-20(10-8-19)21-6-5-11-25-17-21/h5-11,17,22H,1-4,12-16,18H2,(H,26,30)/t22-/m1/s1. The molecule has 30 heavy (non-hydrogen) atoms. The number of likely N-dealkylation sites (tertiary alicyclic amines) is 1. The third kappa shape index (κ3) is 5.05. The molecule has 0 saturated carbocycles. The highest BCUT2D eigenvalue weighted by Gasteiger charge is 2.33. The van der Waals surface area contributed by atoms with Gasteiger partial charge in [0.25, 0.3) is 0 Å². The summed E-state index contributed by atoms with van der Waals surface area (Å²) in [6.45, 7) is 3.49. The minimum Gasteiger partial charge on any atom is -0.353 e. The number of carbonyl (C=O) groups is 2. The second kappa shape index (κ2) is 9.85. The van der Waals surface area contributed by atoms with E-state index >= 15 is 0 Å². The van der Waals surface area contributed by atoms with Crippen LogP contribution < -0.4 is 5.32 Å². The van der Waals surface area contributed by atoms with Crippen molar-refractivity contribution in [1.82, 2.24) is 20.1 Å². The number of nitrogens with one attached hydrogen (secondary N) is 1.